The van der Waals surface area contributed by atoms with Crippen molar-refractivity contribution in [3.8, 4) is 0 Å². The number of benzene rings is 3. The van der Waals surface area contributed by atoms with Gasteiger partial charge in [0.1, 0.15) is 0 Å². The topological polar surface area (TPSA) is 37.4 Å². The van der Waals surface area contributed by atoms with Gasteiger partial charge < -0.3 is 28.4 Å². The van der Waals surface area contributed by atoms with E-state index in [-0.39, 0.29) is 0 Å². The van der Waals surface area contributed by atoms with Crippen LogP contribution in [0, 0.1) is 94.8 Å². The Bertz CT molecular complexity index is 1340. The molecule has 9 heteroatoms. The zero-order chi connectivity index (χ0) is 35.0. The second kappa shape index (κ2) is 18.1. The Morgan fingerprint density at radius 3 is 0.902 bits per heavy atom. The van der Waals surface area contributed by atoms with Crippen molar-refractivity contribution in [2.45, 2.75) is 19.6 Å². The fourth-order valence-electron chi connectivity index (χ4n) is 7.13. The van der Waals surface area contributed by atoms with Gasteiger partial charge in [0.2, 0.25) is 0 Å². The fraction of sp³-hybridized carbons (Fsp3) is 0.214. The minimum Gasteiger partial charge on any atom is -0.445 e. The van der Waals surface area contributed by atoms with Gasteiger partial charge in [0, 0.05) is 39.3 Å². The minimum absolute atomic E-state index is 0.637. The summed E-state index contributed by atoms with van der Waals surface area (Å²) in [6.45, 7) is 4.85. The van der Waals surface area contributed by atoms with E-state index < -0.39 is 21.4 Å². The molecule has 0 spiro atoms. The predicted molar refractivity (Wildman–Crippen MR) is 209 cm³/mol. The van der Waals surface area contributed by atoms with Gasteiger partial charge in [0.05, 0.1) is 0 Å². The van der Waals surface area contributed by atoms with Crippen molar-refractivity contribution in [2.24, 2.45) is 0 Å². The molecule has 3 aliphatic carbocycles. The van der Waals surface area contributed by atoms with E-state index in [1.165, 1.54) is 34.4 Å². The van der Waals surface area contributed by atoms with E-state index >= 15 is 0 Å². The van der Waals surface area contributed by atoms with Crippen molar-refractivity contribution >= 4 is 37.7 Å². The summed E-state index contributed by atoms with van der Waals surface area (Å²) in [6, 6.07) is 25.5. The van der Waals surface area contributed by atoms with Crippen LogP contribution in [0.5, 0.6) is 0 Å². The molecule has 0 amide bonds. The first kappa shape index (κ1) is 37.0. The summed E-state index contributed by atoms with van der Waals surface area (Å²) in [5, 5.41) is 0. The summed E-state index contributed by atoms with van der Waals surface area (Å²) in [5.41, 5.74) is 6.55. The first-order chi connectivity index (χ1) is 25.0. The molecule has 0 bridgehead atoms. The standard InChI is InChI=1S/C42H45B3N3O3/c1-46(28-34-16-4-5-17-34)31-37-22-10-13-25-40(37)43-49-44(41-26-14-11-23-38(41)32-47(2)29-35-18-6-7-19-35)51-45(50-43)42-27-15-12-24-39(42)33-48(3)30-36-20-8-9-21-36/h4-27H,28-33H2,1-3H3. The highest BCUT2D eigenvalue weighted by Crippen LogP contribution is 2.26. The predicted octanol–water partition coefficient (Wildman–Crippen LogP) is 3.75. The second-order valence-electron chi connectivity index (χ2n) is 13.9. The lowest BCUT2D eigenvalue weighted by Gasteiger charge is -2.34. The second-order valence-corrected chi connectivity index (χ2v) is 13.9. The molecular weight excluding hydrogens is 627 g/mol. The van der Waals surface area contributed by atoms with Crippen LogP contribution in [0.4, 0.5) is 0 Å². The van der Waals surface area contributed by atoms with E-state index in [2.05, 4.69) is 186 Å². The Labute approximate surface area is 310 Å². The molecule has 0 N–H and O–H groups in total. The highest BCUT2D eigenvalue weighted by molar-refractivity contribution is 6.87. The van der Waals surface area contributed by atoms with E-state index in [0.717, 1.165) is 55.7 Å². The third-order valence-corrected chi connectivity index (χ3v) is 9.54. The number of rotatable bonds is 15. The Balaban J connectivity index is 1.16. The van der Waals surface area contributed by atoms with Crippen LogP contribution in [0.15, 0.2) is 72.8 Å². The summed E-state index contributed by atoms with van der Waals surface area (Å²) in [6.07, 6.45) is 25.6. The zero-order valence-corrected chi connectivity index (χ0v) is 29.9. The van der Waals surface area contributed by atoms with Crippen LogP contribution in [0.1, 0.15) is 16.7 Å². The molecule has 3 aromatic carbocycles. The van der Waals surface area contributed by atoms with Crippen LogP contribution in [-0.2, 0) is 33.3 Å². The summed E-state index contributed by atoms with van der Waals surface area (Å²) < 4.78 is 20.6. The minimum atomic E-state index is -0.637. The molecule has 1 aliphatic heterocycles. The van der Waals surface area contributed by atoms with Gasteiger partial charge in [-0.25, -0.2) is 0 Å². The van der Waals surface area contributed by atoms with Crippen LogP contribution in [0.25, 0.3) is 0 Å². The van der Waals surface area contributed by atoms with Crippen LogP contribution in [0.2, 0.25) is 0 Å². The van der Waals surface area contributed by atoms with Crippen molar-refractivity contribution in [3.05, 3.63) is 184 Å². The quantitative estimate of drug-likeness (QED) is 0.229. The van der Waals surface area contributed by atoms with E-state index in [9.17, 15) is 0 Å². The first-order valence-corrected chi connectivity index (χ1v) is 17.9. The van der Waals surface area contributed by atoms with Crippen LogP contribution in [0.3, 0.4) is 0 Å². The normalized spacial score (nSPS) is 19.5. The third-order valence-electron chi connectivity index (χ3n) is 9.54. The van der Waals surface area contributed by atoms with Gasteiger partial charge in [-0.2, -0.15) is 0 Å². The average molecular weight is 672 g/mol. The summed E-state index contributed by atoms with van der Waals surface area (Å²) in [4.78, 5) is 6.99. The number of hydrogen-bond donors (Lipinski definition) is 0. The van der Waals surface area contributed by atoms with Crippen molar-refractivity contribution < 1.29 is 13.7 Å². The van der Waals surface area contributed by atoms with Crippen LogP contribution in [-0.4, -0.2) is 76.8 Å². The molecule has 6 nitrogen and oxygen atoms in total. The Kier molecular flexibility index (Phi) is 13.1. The van der Waals surface area contributed by atoms with Crippen molar-refractivity contribution in [2.75, 3.05) is 40.8 Å². The largest absolute Gasteiger partial charge is 0.467 e. The van der Waals surface area contributed by atoms with Gasteiger partial charge in [-0.15, -0.1) is 0 Å². The zero-order valence-electron chi connectivity index (χ0n) is 29.9. The number of nitrogens with zero attached hydrogens (tertiary/aromatic N) is 3. The summed E-state index contributed by atoms with van der Waals surface area (Å²) in [7, 11) is 4.56. The highest BCUT2D eigenvalue weighted by Gasteiger charge is 2.45. The van der Waals surface area contributed by atoms with Crippen molar-refractivity contribution in [1.29, 1.82) is 0 Å². The SMILES string of the molecule is CN(C[C]1[CH][CH][CH][CH]1)Cc1ccccc1B1OB(c2ccccc2CN(C)C[C]2[CH][CH][CH][CH]2)OB(c2ccccc2CN(C)C[C]2[CH][CH][CH][CH]2)O1. The summed E-state index contributed by atoms with van der Waals surface area (Å²) >= 11 is 0. The van der Waals surface area contributed by atoms with Gasteiger partial charge >= 0.3 is 21.4 Å². The maximum Gasteiger partial charge on any atom is 0.467 e. The molecule has 0 aromatic heterocycles. The molecule has 4 aliphatic rings. The van der Waals surface area contributed by atoms with Gasteiger partial charge in [-0.3, -0.25) is 0 Å². The molecule has 1 saturated heterocycles. The number of hydrogen-bond acceptors (Lipinski definition) is 6. The molecule has 255 valence electrons. The van der Waals surface area contributed by atoms with Gasteiger partial charge in [0.25, 0.3) is 0 Å². The van der Waals surface area contributed by atoms with Crippen LogP contribution >= 0.6 is 0 Å². The molecule has 4 fully saturated rings. The molecule has 0 unspecified atom stereocenters. The summed E-state index contributed by atoms with van der Waals surface area (Å²) in [5.74, 6) is 3.90. The molecule has 15 radical (unpaired) electrons. The molecule has 1 heterocycles. The van der Waals surface area contributed by atoms with E-state index in [4.69, 9.17) is 13.7 Å². The van der Waals surface area contributed by atoms with Gasteiger partial charge in [0.15, 0.2) is 0 Å². The molecule has 3 saturated carbocycles. The van der Waals surface area contributed by atoms with Crippen LogP contribution < -0.4 is 16.4 Å². The molecule has 0 atom stereocenters. The Morgan fingerprint density at radius 1 is 0.373 bits per heavy atom. The Hall–Kier alpha value is -2.39. The average Bonchev–Trinajstić information content (AvgIpc) is 3.95. The lowest BCUT2D eigenvalue weighted by molar-refractivity contribution is 0.305. The Morgan fingerprint density at radius 2 is 0.627 bits per heavy atom. The third kappa shape index (κ3) is 9.98. The molecule has 51 heavy (non-hydrogen) atoms. The molecular formula is C42H45B3N3O3. The fourth-order valence-corrected chi connectivity index (χ4v) is 7.13. The van der Waals surface area contributed by atoms with Crippen molar-refractivity contribution in [3.63, 3.8) is 0 Å². The van der Waals surface area contributed by atoms with Gasteiger partial charge in [-0.05, 0) is 149 Å². The smallest absolute Gasteiger partial charge is 0.445 e. The highest BCUT2D eigenvalue weighted by atomic mass is 16.7. The van der Waals surface area contributed by atoms with E-state index in [0.29, 0.717) is 0 Å². The molecule has 3 aromatic rings. The monoisotopic (exact) mass is 672 g/mol. The lowest BCUT2D eigenvalue weighted by Crippen LogP contribution is -2.62. The lowest BCUT2D eigenvalue weighted by atomic mass is 9.59. The van der Waals surface area contributed by atoms with Gasteiger partial charge in [-0.1, -0.05) is 72.8 Å². The van der Waals surface area contributed by atoms with E-state index in [1.807, 2.05) is 0 Å². The van der Waals surface area contributed by atoms with E-state index in [1.54, 1.807) is 0 Å². The van der Waals surface area contributed by atoms with Crippen molar-refractivity contribution in [1.82, 2.24) is 14.7 Å². The first-order valence-electron chi connectivity index (χ1n) is 17.9. The maximum atomic E-state index is 6.87. The molecule has 7 rings (SSSR count). The maximum absolute atomic E-state index is 6.87.